The first-order valence-electron chi connectivity index (χ1n) is 9.18. The highest BCUT2D eigenvalue weighted by Crippen LogP contribution is 2.28. The summed E-state index contributed by atoms with van der Waals surface area (Å²) in [6, 6.07) is 5.30. The molecule has 1 amide bonds. The maximum Gasteiger partial charge on any atom is 0.223 e. The van der Waals surface area contributed by atoms with Crippen molar-refractivity contribution in [2.24, 2.45) is 5.92 Å². The van der Waals surface area contributed by atoms with E-state index in [0.717, 1.165) is 31.5 Å². The van der Waals surface area contributed by atoms with Crippen LogP contribution < -0.4 is 9.47 Å². The number of likely N-dealkylation sites (tertiary alicyclic amines) is 1. The van der Waals surface area contributed by atoms with Crippen molar-refractivity contribution < 1.29 is 22.7 Å². The molecule has 0 radical (unpaired) electrons. The standard InChI is InChI=1S/C19H30N2O5S/c1-15-7-10-20(11-8-15)19(22)9-12-21(27(4,23)24)14-16-5-6-17(25-2)18(13-16)26-3/h5-6,13,15H,7-12,14H2,1-4H3. The molecule has 1 aromatic carbocycles. The van der Waals surface area contributed by atoms with E-state index in [-0.39, 0.29) is 25.4 Å². The van der Waals surface area contributed by atoms with Crippen LogP contribution in [-0.4, -0.2) is 63.6 Å². The fourth-order valence-corrected chi connectivity index (χ4v) is 3.99. The molecule has 27 heavy (non-hydrogen) atoms. The zero-order valence-electron chi connectivity index (χ0n) is 16.6. The second-order valence-corrected chi connectivity index (χ2v) is 9.08. The van der Waals surface area contributed by atoms with Crippen LogP contribution in [0.5, 0.6) is 11.5 Å². The molecule has 1 heterocycles. The first-order valence-corrected chi connectivity index (χ1v) is 11.0. The number of benzene rings is 1. The number of methoxy groups -OCH3 is 2. The zero-order valence-corrected chi connectivity index (χ0v) is 17.4. The van der Waals surface area contributed by atoms with Crippen molar-refractivity contribution in [2.45, 2.75) is 32.7 Å². The molecule has 0 N–H and O–H groups in total. The lowest BCUT2D eigenvalue weighted by Crippen LogP contribution is -2.40. The molecule has 152 valence electrons. The number of rotatable bonds is 8. The molecule has 1 saturated heterocycles. The van der Waals surface area contributed by atoms with Gasteiger partial charge in [-0.3, -0.25) is 4.79 Å². The van der Waals surface area contributed by atoms with Crippen molar-refractivity contribution in [3.05, 3.63) is 23.8 Å². The van der Waals surface area contributed by atoms with Crippen molar-refractivity contribution in [1.82, 2.24) is 9.21 Å². The van der Waals surface area contributed by atoms with Crippen LogP contribution in [0.4, 0.5) is 0 Å². The lowest BCUT2D eigenvalue weighted by Gasteiger charge is -2.31. The summed E-state index contributed by atoms with van der Waals surface area (Å²) < 4.78 is 36.2. The van der Waals surface area contributed by atoms with Crippen LogP contribution in [0.2, 0.25) is 0 Å². The van der Waals surface area contributed by atoms with Gasteiger partial charge in [-0.25, -0.2) is 8.42 Å². The molecule has 1 aliphatic rings. The fraction of sp³-hybridized carbons (Fsp3) is 0.632. The smallest absolute Gasteiger partial charge is 0.223 e. The first kappa shape index (κ1) is 21.5. The lowest BCUT2D eigenvalue weighted by molar-refractivity contribution is -0.132. The van der Waals surface area contributed by atoms with Crippen molar-refractivity contribution in [3.8, 4) is 11.5 Å². The van der Waals surface area contributed by atoms with E-state index in [0.29, 0.717) is 17.4 Å². The minimum Gasteiger partial charge on any atom is -0.493 e. The summed E-state index contributed by atoms with van der Waals surface area (Å²) in [6.07, 6.45) is 3.37. The molecule has 1 aliphatic heterocycles. The summed E-state index contributed by atoms with van der Waals surface area (Å²) >= 11 is 0. The Morgan fingerprint density at radius 1 is 1.19 bits per heavy atom. The van der Waals surface area contributed by atoms with Gasteiger partial charge in [-0.2, -0.15) is 4.31 Å². The number of sulfonamides is 1. The van der Waals surface area contributed by atoms with E-state index in [4.69, 9.17) is 9.47 Å². The van der Waals surface area contributed by atoms with E-state index < -0.39 is 10.0 Å². The number of piperidine rings is 1. The van der Waals surface area contributed by atoms with Crippen LogP contribution in [0.25, 0.3) is 0 Å². The van der Waals surface area contributed by atoms with Gasteiger partial charge in [0.05, 0.1) is 20.5 Å². The second kappa shape index (κ2) is 9.41. The normalized spacial score (nSPS) is 15.8. The third-order valence-electron chi connectivity index (χ3n) is 4.99. The topological polar surface area (TPSA) is 76.2 Å². The van der Waals surface area contributed by atoms with E-state index in [1.165, 1.54) is 17.7 Å². The SMILES string of the molecule is COc1ccc(CN(CCC(=O)N2CCC(C)CC2)S(C)(=O)=O)cc1OC. The van der Waals surface area contributed by atoms with Gasteiger partial charge in [-0.1, -0.05) is 13.0 Å². The highest BCUT2D eigenvalue weighted by Gasteiger charge is 2.23. The molecular formula is C19H30N2O5S. The molecule has 0 spiro atoms. The Labute approximate surface area is 162 Å². The van der Waals surface area contributed by atoms with Gasteiger partial charge < -0.3 is 14.4 Å². The van der Waals surface area contributed by atoms with E-state index in [1.54, 1.807) is 25.3 Å². The van der Waals surface area contributed by atoms with Gasteiger partial charge in [0.25, 0.3) is 0 Å². The van der Waals surface area contributed by atoms with Crippen molar-refractivity contribution in [3.63, 3.8) is 0 Å². The van der Waals surface area contributed by atoms with Crippen LogP contribution in [-0.2, 0) is 21.4 Å². The van der Waals surface area contributed by atoms with Gasteiger partial charge in [0.15, 0.2) is 11.5 Å². The molecule has 0 bridgehead atoms. The minimum atomic E-state index is -3.44. The number of amides is 1. The Hall–Kier alpha value is -1.80. The first-order chi connectivity index (χ1) is 12.7. The molecule has 1 fully saturated rings. The highest BCUT2D eigenvalue weighted by atomic mass is 32.2. The maximum absolute atomic E-state index is 12.4. The summed E-state index contributed by atoms with van der Waals surface area (Å²) in [5, 5.41) is 0. The molecule has 2 rings (SSSR count). The largest absolute Gasteiger partial charge is 0.493 e. The summed E-state index contributed by atoms with van der Waals surface area (Å²) in [6.45, 7) is 4.06. The van der Waals surface area contributed by atoms with Crippen molar-refractivity contribution >= 4 is 15.9 Å². The van der Waals surface area contributed by atoms with Crippen LogP contribution in [0, 0.1) is 5.92 Å². The Kier molecular flexibility index (Phi) is 7.49. The fourth-order valence-electron chi connectivity index (χ4n) is 3.18. The third-order valence-corrected chi connectivity index (χ3v) is 6.24. The number of hydrogen-bond acceptors (Lipinski definition) is 5. The minimum absolute atomic E-state index is 0.0165. The third kappa shape index (κ3) is 6.10. The van der Waals surface area contributed by atoms with Crippen LogP contribution in [0.1, 0.15) is 31.7 Å². The summed E-state index contributed by atoms with van der Waals surface area (Å²) in [5.74, 6) is 1.79. The van der Waals surface area contributed by atoms with Gasteiger partial charge in [-0.15, -0.1) is 0 Å². The number of hydrogen-bond donors (Lipinski definition) is 0. The predicted octanol–water partition coefficient (Wildman–Crippen LogP) is 2.11. The summed E-state index contributed by atoms with van der Waals surface area (Å²) in [5.41, 5.74) is 0.775. The quantitative estimate of drug-likeness (QED) is 0.670. The van der Waals surface area contributed by atoms with Gasteiger partial charge in [0.2, 0.25) is 15.9 Å². The molecule has 1 aromatic rings. The van der Waals surface area contributed by atoms with Crippen LogP contribution >= 0.6 is 0 Å². The lowest BCUT2D eigenvalue weighted by atomic mass is 9.99. The molecule has 8 heteroatoms. The van der Waals surface area contributed by atoms with E-state index in [2.05, 4.69) is 6.92 Å². The molecule has 0 unspecified atom stereocenters. The number of carbonyl (C=O) groups is 1. The van der Waals surface area contributed by atoms with Gasteiger partial charge >= 0.3 is 0 Å². The monoisotopic (exact) mass is 398 g/mol. The van der Waals surface area contributed by atoms with E-state index in [1.807, 2.05) is 4.90 Å². The Morgan fingerprint density at radius 2 is 1.81 bits per heavy atom. The Balaban J connectivity index is 2.03. The zero-order chi connectivity index (χ0) is 20.0. The number of ether oxygens (including phenoxy) is 2. The van der Waals surface area contributed by atoms with Gasteiger partial charge in [-0.05, 0) is 36.5 Å². The highest BCUT2D eigenvalue weighted by molar-refractivity contribution is 7.88. The van der Waals surface area contributed by atoms with Crippen molar-refractivity contribution in [1.29, 1.82) is 0 Å². The van der Waals surface area contributed by atoms with Crippen molar-refractivity contribution in [2.75, 3.05) is 40.1 Å². The van der Waals surface area contributed by atoms with Crippen LogP contribution in [0.15, 0.2) is 18.2 Å². The molecule has 0 aliphatic carbocycles. The molecule has 7 nitrogen and oxygen atoms in total. The van der Waals surface area contributed by atoms with E-state index >= 15 is 0 Å². The number of nitrogens with zero attached hydrogens (tertiary/aromatic N) is 2. The second-order valence-electron chi connectivity index (χ2n) is 7.10. The van der Waals surface area contributed by atoms with Gasteiger partial charge in [0.1, 0.15) is 0 Å². The van der Waals surface area contributed by atoms with Gasteiger partial charge in [0, 0.05) is 32.6 Å². The summed E-state index contributed by atoms with van der Waals surface area (Å²) in [4.78, 5) is 14.3. The maximum atomic E-state index is 12.4. The van der Waals surface area contributed by atoms with Crippen LogP contribution in [0.3, 0.4) is 0 Å². The molecule has 0 atom stereocenters. The molecule has 0 aromatic heterocycles. The summed E-state index contributed by atoms with van der Waals surface area (Å²) in [7, 11) is -0.358. The Bertz CT molecular complexity index is 742. The Morgan fingerprint density at radius 3 is 2.37 bits per heavy atom. The predicted molar refractivity (Wildman–Crippen MR) is 104 cm³/mol. The molecule has 0 saturated carbocycles. The molecular weight excluding hydrogens is 368 g/mol. The van der Waals surface area contributed by atoms with E-state index in [9.17, 15) is 13.2 Å². The number of carbonyl (C=O) groups excluding carboxylic acids is 1. The average Bonchev–Trinajstić information content (AvgIpc) is 2.64. The average molecular weight is 399 g/mol.